The minimum absolute atomic E-state index is 0.00178. The Morgan fingerprint density at radius 2 is 1.44 bits per heavy atom. The van der Waals surface area contributed by atoms with E-state index in [0.29, 0.717) is 11.8 Å². The molecule has 1 saturated heterocycles. The molecule has 5 saturated carbocycles. The van der Waals surface area contributed by atoms with E-state index < -0.39 is 5.79 Å². The van der Waals surface area contributed by atoms with Crippen molar-refractivity contribution in [2.45, 2.75) is 38.3 Å². The van der Waals surface area contributed by atoms with Crippen molar-refractivity contribution < 1.29 is 9.47 Å². The normalized spacial score (nSPS) is 62.5. The van der Waals surface area contributed by atoms with Crippen molar-refractivity contribution in [3.8, 4) is 24.7 Å². The van der Waals surface area contributed by atoms with Crippen molar-refractivity contribution in [1.29, 1.82) is 0 Å². The fourth-order valence-electron chi connectivity index (χ4n) is 4.84. The molecule has 5 aliphatic carbocycles. The molecule has 0 amide bonds. The summed E-state index contributed by atoms with van der Waals surface area (Å²) < 4.78 is 11.9. The molecule has 2 nitrogen and oxygen atoms in total. The molecular formula is C14H14O2. The van der Waals surface area contributed by atoms with Gasteiger partial charge in [0.15, 0.2) is 5.79 Å². The summed E-state index contributed by atoms with van der Waals surface area (Å²) in [5, 5.41) is 0. The van der Waals surface area contributed by atoms with Crippen LogP contribution in [0.2, 0.25) is 0 Å². The second kappa shape index (κ2) is 2.06. The Morgan fingerprint density at radius 1 is 1.00 bits per heavy atom. The monoisotopic (exact) mass is 214 g/mol. The predicted octanol–water partition coefficient (Wildman–Crippen LogP) is 1.41. The van der Waals surface area contributed by atoms with Crippen LogP contribution >= 0.6 is 0 Å². The fraction of sp³-hybridized carbons (Fsp3) is 0.714. The Labute approximate surface area is 95.7 Å². The topological polar surface area (TPSA) is 18.5 Å². The third kappa shape index (κ3) is 0.581. The minimum atomic E-state index is -0.468. The van der Waals surface area contributed by atoms with Crippen molar-refractivity contribution in [3.05, 3.63) is 0 Å². The fourth-order valence-corrected chi connectivity index (χ4v) is 4.84. The highest BCUT2D eigenvalue weighted by Crippen LogP contribution is 2.88. The second-order valence-corrected chi connectivity index (χ2v) is 6.07. The molecule has 1 aliphatic heterocycles. The standard InChI is InChI=1S/C14H14O2/c1-5-13-7-14(6-2)10(13)8-9(11(13)14)16-12(3,4)15-8/h1-2,8-11H,7H2,3-4H3/t8-,9+,10?,11?,13?,14?. The Balaban J connectivity index is 1.77. The van der Waals surface area contributed by atoms with Gasteiger partial charge < -0.3 is 9.47 Å². The first kappa shape index (κ1) is 9.11. The van der Waals surface area contributed by atoms with Gasteiger partial charge in [0.25, 0.3) is 0 Å². The van der Waals surface area contributed by atoms with Crippen LogP contribution in [0.15, 0.2) is 0 Å². The van der Waals surface area contributed by atoms with Crippen LogP contribution in [0.4, 0.5) is 0 Å². The van der Waals surface area contributed by atoms with Gasteiger partial charge in [-0.2, -0.15) is 0 Å². The number of hydrogen-bond donors (Lipinski definition) is 0. The molecule has 1 heterocycles. The van der Waals surface area contributed by atoms with Gasteiger partial charge in [-0.3, -0.25) is 0 Å². The summed E-state index contributed by atoms with van der Waals surface area (Å²) in [6.07, 6.45) is 12.6. The van der Waals surface area contributed by atoms with E-state index in [4.69, 9.17) is 22.3 Å². The van der Waals surface area contributed by atoms with Crippen molar-refractivity contribution in [2.75, 3.05) is 0 Å². The number of hydrogen-bond acceptors (Lipinski definition) is 2. The van der Waals surface area contributed by atoms with Crippen molar-refractivity contribution >= 4 is 0 Å². The summed E-state index contributed by atoms with van der Waals surface area (Å²) in [7, 11) is 0. The maximum atomic E-state index is 5.97. The third-order valence-corrected chi connectivity index (χ3v) is 5.16. The largest absolute Gasteiger partial charge is 0.344 e. The van der Waals surface area contributed by atoms with E-state index in [9.17, 15) is 0 Å². The summed E-state index contributed by atoms with van der Waals surface area (Å²) in [5.74, 6) is 6.14. The second-order valence-electron chi connectivity index (χ2n) is 6.07. The Bertz CT molecular complexity index is 426. The molecule has 16 heavy (non-hydrogen) atoms. The SMILES string of the molecule is C#CC12CC3(C#C)C1[C@H]1OC(C)(C)O[C@H]1C23. The van der Waals surface area contributed by atoms with Crippen LogP contribution in [0.25, 0.3) is 0 Å². The van der Waals surface area contributed by atoms with Crippen molar-refractivity contribution in [1.82, 2.24) is 0 Å². The molecule has 82 valence electrons. The van der Waals surface area contributed by atoms with Crippen LogP contribution in [0.1, 0.15) is 20.3 Å². The molecule has 4 atom stereocenters. The van der Waals surface area contributed by atoms with Gasteiger partial charge in [-0.1, -0.05) is 11.8 Å². The third-order valence-electron chi connectivity index (χ3n) is 5.16. The minimum Gasteiger partial charge on any atom is -0.344 e. The number of rotatable bonds is 0. The summed E-state index contributed by atoms with van der Waals surface area (Å²) in [4.78, 5) is 0. The van der Waals surface area contributed by atoms with E-state index in [1.807, 2.05) is 13.8 Å². The molecule has 0 spiro atoms. The summed E-state index contributed by atoms with van der Waals surface area (Å²) in [6, 6.07) is 0. The van der Waals surface area contributed by atoms with Gasteiger partial charge >= 0.3 is 0 Å². The highest BCUT2D eigenvalue weighted by atomic mass is 16.8. The van der Waals surface area contributed by atoms with Crippen LogP contribution in [-0.2, 0) is 9.47 Å². The maximum absolute atomic E-state index is 5.97. The van der Waals surface area contributed by atoms with Gasteiger partial charge in [0.05, 0.1) is 12.2 Å². The maximum Gasteiger partial charge on any atom is 0.163 e. The molecule has 2 heteroatoms. The molecule has 0 aromatic carbocycles. The molecule has 2 unspecified atom stereocenters. The Hall–Kier alpha value is -0.960. The van der Waals surface area contributed by atoms with Gasteiger partial charge in [0, 0.05) is 22.7 Å². The predicted molar refractivity (Wildman–Crippen MR) is 58.0 cm³/mol. The average Bonchev–Trinajstić information content (AvgIpc) is 2.57. The molecule has 4 bridgehead atoms. The van der Waals surface area contributed by atoms with E-state index in [0.717, 1.165) is 6.42 Å². The lowest BCUT2D eigenvalue weighted by Crippen LogP contribution is -2.74. The van der Waals surface area contributed by atoms with Gasteiger partial charge in [0.2, 0.25) is 0 Å². The van der Waals surface area contributed by atoms with Crippen LogP contribution in [0.5, 0.6) is 0 Å². The van der Waals surface area contributed by atoms with E-state index in [1.165, 1.54) is 0 Å². The quantitative estimate of drug-likeness (QED) is 0.568. The van der Waals surface area contributed by atoms with E-state index >= 15 is 0 Å². The Morgan fingerprint density at radius 3 is 1.81 bits per heavy atom. The first-order valence-electron chi connectivity index (χ1n) is 5.82. The molecular weight excluding hydrogens is 200 g/mol. The van der Waals surface area contributed by atoms with Crippen LogP contribution in [0, 0.1) is 47.4 Å². The van der Waals surface area contributed by atoms with Gasteiger partial charge in [-0.25, -0.2) is 0 Å². The van der Waals surface area contributed by atoms with Gasteiger partial charge in [0.1, 0.15) is 0 Å². The van der Waals surface area contributed by atoms with Crippen LogP contribution in [-0.4, -0.2) is 18.0 Å². The molecule has 6 rings (SSSR count). The van der Waals surface area contributed by atoms with Crippen LogP contribution in [0.3, 0.4) is 0 Å². The van der Waals surface area contributed by atoms with Gasteiger partial charge in [-0.15, -0.1) is 12.8 Å². The lowest BCUT2D eigenvalue weighted by molar-refractivity contribution is -0.296. The first-order chi connectivity index (χ1) is 7.51. The number of ether oxygens (including phenoxy) is 2. The summed E-state index contributed by atoms with van der Waals surface area (Å²) in [6.45, 7) is 3.92. The number of terminal acetylenes is 2. The average molecular weight is 214 g/mol. The first-order valence-corrected chi connectivity index (χ1v) is 5.82. The smallest absolute Gasteiger partial charge is 0.163 e. The molecule has 0 aromatic heterocycles. The summed E-state index contributed by atoms with van der Waals surface area (Å²) in [5.41, 5.74) is -0.00356. The zero-order valence-electron chi connectivity index (χ0n) is 9.49. The van der Waals surface area contributed by atoms with E-state index in [-0.39, 0.29) is 23.0 Å². The van der Waals surface area contributed by atoms with Crippen LogP contribution < -0.4 is 0 Å². The molecule has 6 fully saturated rings. The highest BCUT2D eigenvalue weighted by Gasteiger charge is 2.92. The zero-order valence-corrected chi connectivity index (χ0v) is 9.49. The molecule has 0 N–H and O–H groups in total. The lowest BCUT2D eigenvalue weighted by Gasteiger charge is -2.73. The highest BCUT2D eigenvalue weighted by molar-refractivity contribution is 5.50. The molecule has 6 aliphatic rings. The lowest BCUT2D eigenvalue weighted by atomic mass is 9.27. The van der Waals surface area contributed by atoms with Crippen molar-refractivity contribution in [3.63, 3.8) is 0 Å². The zero-order chi connectivity index (χ0) is 11.3. The molecule has 0 aromatic rings. The van der Waals surface area contributed by atoms with E-state index in [2.05, 4.69) is 11.8 Å². The van der Waals surface area contributed by atoms with Crippen molar-refractivity contribution in [2.24, 2.45) is 22.7 Å². The summed E-state index contributed by atoms with van der Waals surface area (Å²) >= 11 is 0. The Kier molecular flexibility index (Phi) is 1.17. The molecule has 0 radical (unpaired) electrons. The van der Waals surface area contributed by atoms with E-state index in [1.54, 1.807) is 0 Å². The van der Waals surface area contributed by atoms with Gasteiger partial charge in [-0.05, 0) is 20.3 Å².